The van der Waals surface area contributed by atoms with Crippen LogP contribution in [0.2, 0.25) is 0 Å². The van der Waals surface area contributed by atoms with Crippen LogP contribution in [-0.4, -0.2) is 50.4 Å². The van der Waals surface area contributed by atoms with Crippen molar-refractivity contribution < 1.29 is 9.84 Å². The normalized spacial score (nSPS) is 24.4. The number of fused-ring (bicyclic) bond motifs is 1. The Morgan fingerprint density at radius 3 is 3.14 bits per heavy atom. The van der Waals surface area contributed by atoms with E-state index in [2.05, 4.69) is 30.3 Å². The number of rotatable bonds is 4. The van der Waals surface area contributed by atoms with Crippen LogP contribution < -0.4 is 11.1 Å². The summed E-state index contributed by atoms with van der Waals surface area (Å²) in [4.78, 5) is 15.2. The monoisotopic (exact) mass is 305 g/mol. The molecule has 0 aliphatic carbocycles. The number of nitrogens with two attached hydrogens (primary N) is 1. The lowest BCUT2D eigenvalue weighted by molar-refractivity contribution is -0.0230. The zero-order chi connectivity index (χ0) is 15.7. The number of azide groups is 1. The summed E-state index contributed by atoms with van der Waals surface area (Å²) in [6, 6.07) is -0.440. The van der Waals surface area contributed by atoms with Gasteiger partial charge >= 0.3 is 0 Å². The topological polar surface area (TPSA) is 160 Å². The van der Waals surface area contributed by atoms with Crippen molar-refractivity contribution in [3.63, 3.8) is 0 Å². The summed E-state index contributed by atoms with van der Waals surface area (Å²) in [5.41, 5.74) is 15.3. The highest BCUT2D eigenvalue weighted by Gasteiger charge is 2.36. The molecule has 0 saturated carbocycles. The molecule has 0 bridgehead atoms. The van der Waals surface area contributed by atoms with Crippen LogP contribution in [0.15, 0.2) is 11.4 Å². The molecule has 3 rings (SSSR count). The van der Waals surface area contributed by atoms with Crippen molar-refractivity contribution in [3.8, 4) is 0 Å². The number of aliphatic hydroxyl groups is 1. The van der Waals surface area contributed by atoms with Gasteiger partial charge in [0.25, 0.3) is 0 Å². The first-order valence-corrected chi connectivity index (χ1v) is 6.66. The van der Waals surface area contributed by atoms with Crippen LogP contribution in [0.4, 0.5) is 11.8 Å². The smallest absolute Gasteiger partial charge is 0.224 e. The Kier molecular flexibility index (Phi) is 3.67. The van der Waals surface area contributed by atoms with Crippen LogP contribution >= 0.6 is 0 Å². The number of anilines is 2. The molecule has 2 aromatic rings. The summed E-state index contributed by atoms with van der Waals surface area (Å²) in [7, 11) is 1.72. The van der Waals surface area contributed by atoms with Gasteiger partial charge in [0.05, 0.1) is 25.1 Å². The van der Waals surface area contributed by atoms with E-state index in [1.54, 1.807) is 17.9 Å². The number of ether oxygens (including phenoxy) is 1. The summed E-state index contributed by atoms with van der Waals surface area (Å²) in [6.45, 7) is -0.227. The minimum Gasteiger partial charge on any atom is -0.394 e. The van der Waals surface area contributed by atoms with Crippen LogP contribution in [0, 0.1) is 0 Å². The number of aromatic nitrogens is 4. The fourth-order valence-corrected chi connectivity index (χ4v) is 2.59. The summed E-state index contributed by atoms with van der Waals surface area (Å²) in [5, 5.41) is 16.0. The molecule has 0 radical (unpaired) electrons. The second-order valence-corrected chi connectivity index (χ2v) is 4.82. The lowest BCUT2D eigenvalue weighted by atomic mass is 10.1. The minimum atomic E-state index is -0.550. The van der Waals surface area contributed by atoms with Gasteiger partial charge in [0.1, 0.15) is 11.7 Å². The van der Waals surface area contributed by atoms with Crippen LogP contribution in [-0.2, 0) is 4.74 Å². The fraction of sp³-hybridized carbons (Fsp3) is 0.545. The Hall–Kier alpha value is -2.62. The van der Waals surface area contributed by atoms with Gasteiger partial charge in [0.2, 0.25) is 5.95 Å². The SMILES string of the molecule is CNc1nc(N)nc2ncn([C@H]3C[C@H](N=[N+]=[N-])[C@@H](CO)O3)c12. The number of aliphatic hydroxyl groups excluding tert-OH is 1. The molecular weight excluding hydrogens is 290 g/mol. The van der Waals surface area contributed by atoms with Gasteiger partial charge in [-0.25, -0.2) is 4.98 Å². The standard InChI is InChI=1S/C11H15N9O2/c1-14-9-8-10(17-11(12)16-9)15-4-20(8)7-2-5(18-19-13)6(3-21)22-7/h4-7,21H,2-3H2,1H3,(H3,12,14,16,17)/t5-,6+,7+/m0/s1. The lowest BCUT2D eigenvalue weighted by Gasteiger charge is -2.15. The van der Waals surface area contributed by atoms with Gasteiger partial charge in [-0.1, -0.05) is 5.11 Å². The molecule has 0 amide bonds. The van der Waals surface area contributed by atoms with Crippen molar-refractivity contribution in [3.05, 3.63) is 16.8 Å². The first-order valence-electron chi connectivity index (χ1n) is 6.66. The van der Waals surface area contributed by atoms with Crippen LogP contribution in [0.25, 0.3) is 21.6 Å². The molecule has 0 unspecified atom stereocenters. The lowest BCUT2D eigenvalue weighted by Crippen LogP contribution is -2.22. The second-order valence-electron chi connectivity index (χ2n) is 4.82. The van der Waals surface area contributed by atoms with Gasteiger partial charge in [-0.2, -0.15) is 9.97 Å². The summed E-state index contributed by atoms with van der Waals surface area (Å²) < 4.78 is 7.50. The molecule has 3 heterocycles. The molecule has 1 aliphatic heterocycles. The van der Waals surface area contributed by atoms with Gasteiger partial charge in [-0.3, -0.25) is 4.57 Å². The summed E-state index contributed by atoms with van der Waals surface area (Å²) >= 11 is 0. The van der Waals surface area contributed by atoms with E-state index in [4.69, 9.17) is 16.0 Å². The van der Waals surface area contributed by atoms with E-state index in [9.17, 15) is 5.11 Å². The zero-order valence-corrected chi connectivity index (χ0v) is 11.8. The number of hydrogen-bond acceptors (Lipinski definition) is 8. The number of nitrogen functional groups attached to an aromatic ring is 1. The third-order valence-electron chi connectivity index (χ3n) is 3.58. The molecule has 1 fully saturated rings. The van der Waals surface area contributed by atoms with E-state index in [-0.39, 0.29) is 12.6 Å². The Morgan fingerprint density at radius 1 is 1.64 bits per heavy atom. The molecule has 0 spiro atoms. The highest BCUT2D eigenvalue weighted by atomic mass is 16.5. The van der Waals surface area contributed by atoms with Gasteiger partial charge in [0, 0.05) is 18.4 Å². The first-order chi connectivity index (χ1) is 10.7. The fourth-order valence-electron chi connectivity index (χ4n) is 2.59. The number of imidazole rings is 1. The third-order valence-corrected chi connectivity index (χ3v) is 3.58. The molecule has 116 valence electrons. The molecular formula is C11H15N9O2. The Bertz CT molecular complexity index is 738. The van der Waals surface area contributed by atoms with Crippen molar-refractivity contribution in [1.29, 1.82) is 0 Å². The van der Waals surface area contributed by atoms with Crippen molar-refractivity contribution in [2.45, 2.75) is 24.8 Å². The van der Waals surface area contributed by atoms with E-state index in [1.807, 2.05) is 0 Å². The highest BCUT2D eigenvalue weighted by Crippen LogP contribution is 2.34. The third kappa shape index (κ3) is 2.26. The zero-order valence-electron chi connectivity index (χ0n) is 11.8. The average Bonchev–Trinajstić information content (AvgIpc) is 3.10. The molecule has 3 atom stereocenters. The molecule has 11 heteroatoms. The van der Waals surface area contributed by atoms with Crippen molar-refractivity contribution in [2.75, 3.05) is 24.7 Å². The minimum absolute atomic E-state index is 0.120. The summed E-state index contributed by atoms with van der Waals surface area (Å²) in [5.74, 6) is 0.644. The second kappa shape index (κ2) is 5.64. The van der Waals surface area contributed by atoms with Crippen molar-refractivity contribution in [2.24, 2.45) is 5.11 Å². The van der Waals surface area contributed by atoms with E-state index >= 15 is 0 Å². The van der Waals surface area contributed by atoms with Crippen LogP contribution in [0.5, 0.6) is 0 Å². The Labute approximate surface area is 124 Å². The maximum Gasteiger partial charge on any atom is 0.224 e. The van der Waals surface area contributed by atoms with Crippen molar-refractivity contribution in [1.82, 2.24) is 19.5 Å². The van der Waals surface area contributed by atoms with Crippen molar-refractivity contribution >= 4 is 22.9 Å². The van der Waals surface area contributed by atoms with Gasteiger partial charge in [-0.15, -0.1) is 0 Å². The van der Waals surface area contributed by atoms with Gasteiger partial charge in [-0.05, 0) is 5.53 Å². The highest BCUT2D eigenvalue weighted by molar-refractivity contribution is 5.84. The average molecular weight is 305 g/mol. The first kappa shape index (κ1) is 14.3. The molecule has 11 nitrogen and oxygen atoms in total. The molecule has 2 aromatic heterocycles. The van der Waals surface area contributed by atoms with Crippen LogP contribution in [0.3, 0.4) is 0 Å². The number of hydrogen-bond donors (Lipinski definition) is 3. The van der Waals surface area contributed by atoms with Crippen LogP contribution in [0.1, 0.15) is 12.6 Å². The quantitative estimate of drug-likeness (QED) is 0.418. The summed E-state index contributed by atoms with van der Waals surface area (Å²) in [6.07, 6.45) is 1.01. The predicted octanol–water partition coefficient (Wildman–Crippen LogP) is 0.409. The van der Waals surface area contributed by atoms with E-state index in [0.717, 1.165) is 0 Å². The molecule has 4 N–H and O–H groups in total. The van der Waals surface area contributed by atoms with Gasteiger partial charge < -0.3 is 20.9 Å². The maximum absolute atomic E-state index is 9.34. The number of nitrogens with zero attached hydrogens (tertiary/aromatic N) is 7. The molecule has 22 heavy (non-hydrogen) atoms. The number of nitrogens with one attached hydrogen (secondary N) is 1. The molecule has 1 aliphatic rings. The maximum atomic E-state index is 9.34. The molecule has 1 saturated heterocycles. The van der Waals surface area contributed by atoms with E-state index in [1.165, 1.54) is 0 Å². The largest absolute Gasteiger partial charge is 0.394 e. The Morgan fingerprint density at radius 2 is 2.45 bits per heavy atom. The Balaban J connectivity index is 2.02. The molecule has 0 aromatic carbocycles. The van der Waals surface area contributed by atoms with Gasteiger partial charge in [0.15, 0.2) is 11.5 Å². The predicted molar refractivity (Wildman–Crippen MR) is 77.8 cm³/mol. The van der Waals surface area contributed by atoms with E-state index in [0.29, 0.717) is 23.4 Å². The van der Waals surface area contributed by atoms with E-state index < -0.39 is 18.4 Å².